The summed E-state index contributed by atoms with van der Waals surface area (Å²) in [5.41, 5.74) is 2.21. The predicted molar refractivity (Wildman–Crippen MR) is 87.1 cm³/mol. The van der Waals surface area contributed by atoms with Gasteiger partial charge in [-0.1, -0.05) is 32.8 Å². The standard InChI is InChI=1S/C18H29FN2/c1-5-21(6-2)18(9-7-8-10-18)17(20-4)15-11-14(3)12-16(19)13-15/h11-13,17,20H,5-10H2,1-4H3. The Morgan fingerprint density at radius 3 is 2.29 bits per heavy atom. The highest BCUT2D eigenvalue weighted by Gasteiger charge is 2.45. The van der Waals surface area contributed by atoms with Gasteiger partial charge in [0.1, 0.15) is 5.82 Å². The summed E-state index contributed by atoms with van der Waals surface area (Å²) in [4.78, 5) is 2.57. The van der Waals surface area contributed by atoms with Crippen LogP contribution in [0.1, 0.15) is 56.7 Å². The van der Waals surface area contributed by atoms with Crippen LogP contribution < -0.4 is 5.32 Å². The molecule has 0 radical (unpaired) electrons. The van der Waals surface area contributed by atoms with Crippen molar-refractivity contribution in [1.29, 1.82) is 0 Å². The van der Waals surface area contributed by atoms with Gasteiger partial charge < -0.3 is 5.32 Å². The molecule has 1 aromatic rings. The van der Waals surface area contributed by atoms with E-state index >= 15 is 0 Å². The third kappa shape index (κ3) is 3.14. The molecule has 1 unspecified atom stereocenters. The molecule has 0 aromatic heterocycles. The third-order valence-electron chi connectivity index (χ3n) is 5.09. The molecule has 1 fully saturated rings. The summed E-state index contributed by atoms with van der Waals surface area (Å²) in [5, 5.41) is 3.50. The summed E-state index contributed by atoms with van der Waals surface area (Å²) in [6.07, 6.45) is 4.91. The Kier molecular flexibility index (Phi) is 5.39. The smallest absolute Gasteiger partial charge is 0.123 e. The second kappa shape index (κ2) is 6.89. The van der Waals surface area contributed by atoms with E-state index in [2.05, 4.69) is 30.1 Å². The van der Waals surface area contributed by atoms with Crippen LogP contribution in [0.25, 0.3) is 0 Å². The molecule has 1 N–H and O–H groups in total. The molecule has 2 rings (SSSR count). The van der Waals surface area contributed by atoms with Crippen molar-refractivity contribution in [1.82, 2.24) is 10.2 Å². The topological polar surface area (TPSA) is 15.3 Å². The lowest BCUT2D eigenvalue weighted by atomic mass is 9.81. The summed E-state index contributed by atoms with van der Waals surface area (Å²) < 4.78 is 13.9. The highest BCUT2D eigenvalue weighted by molar-refractivity contribution is 5.29. The molecule has 1 saturated carbocycles. The zero-order valence-electron chi connectivity index (χ0n) is 13.9. The average Bonchev–Trinajstić information content (AvgIpc) is 2.90. The van der Waals surface area contributed by atoms with Crippen molar-refractivity contribution in [2.75, 3.05) is 20.1 Å². The Balaban J connectivity index is 2.45. The summed E-state index contributed by atoms with van der Waals surface area (Å²) >= 11 is 0. The van der Waals surface area contributed by atoms with Crippen LogP contribution in [0.3, 0.4) is 0 Å². The van der Waals surface area contributed by atoms with Gasteiger partial charge in [0, 0.05) is 5.54 Å². The van der Waals surface area contributed by atoms with Gasteiger partial charge in [0.05, 0.1) is 6.04 Å². The van der Waals surface area contributed by atoms with Crippen molar-refractivity contribution in [2.45, 2.75) is 58.0 Å². The van der Waals surface area contributed by atoms with Crippen molar-refractivity contribution < 1.29 is 4.39 Å². The van der Waals surface area contributed by atoms with Crippen molar-refractivity contribution in [3.05, 3.63) is 35.1 Å². The van der Waals surface area contributed by atoms with Gasteiger partial charge in [-0.25, -0.2) is 4.39 Å². The lowest BCUT2D eigenvalue weighted by Gasteiger charge is -2.46. The first-order chi connectivity index (χ1) is 10.1. The van der Waals surface area contributed by atoms with E-state index in [9.17, 15) is 4.39 Å². The molecule has 2 nitrogen and oxygen atoms in total. The molecule has 1 aliphatic carbocycles. The van der Waals surface area contributed by atoms with E-state index in [4.69, 9.17) is 0 Å². The zero-order valence-corrected chi connectivity index (χ0v) is 13.9. The molecule has 0 amide bonds. The van der Waals surface area contributed by atoms with Crippen LogP contribution in [-0.2, 0) is 0 Å². The normalized spacial score (nSPS) is 19.1. The van der Waals surface area contributed by atoms with Crippen LogP contribution in [-0.4, -0.2) is 30.6 Å². The number of benzene rings is 1. The number of hydrogen-bond donors (Lipinski definition) is 1. The van der Waals surface area contributed by atoms with Crippen molar-refractivity contribution in [3.8, 4) is 0 Å². The monoisotopic (exact) mass is 292 g/mol. The van der Waals surface area contributed by atoms with Crippen molar-refractivity contribution in [3.63, 3.8) is 0 Å². The number of likely N-dealkylation sites (N-methyl/N-ethyl adjacent to an activating group) is 2. The Labute approximate surface area is 128 Å². The van der Waals surface area contributed by atoms with E-state index in [0.29, 0.717) is 0 Å². The number of hydrogen-bond acceptors (Lipinski definition) is 2. The van der Waals surface area contributed by atoms with Crippen molar-refractivity contribution in [2.24, 2.45) is 0 Å². The van der Waals surface area contributed by atoms with Gasteiger partial charge in [0.2, 0.25) is 0 Å². The summed E-state index contributed by atoms with van der Waals surface area (Å²) in [6, 6.07) is 5.63. The van der Waals surface area contributed by atoms with E-state index in [1.54, 1.807) is 12.1 Å². The lowest BCUT2D eigenvalue weighted by molar-refractivity contribution is 0.0654. The average molecular weight is 292 g/mol. The molecule has 21 heavy (non-hydrogen) atoms. The fraction of sp³-hybridized carbons (Fsp3) is 0.667. The fourth-order valence-corrected chi connectivity index (χ4v) is 4.30. The van der Waals surface area contributed by atoms with Crippen LogP contribution in [0, 0.1) is 12.7 Å². The van der Waals surface area contributed by atoms with Gasteiger partial charge >= 0.3 is 0 Å². The summed E-state index contributed by atoms with van der Waals surface area (Å²) in [5.74, 6) is -0.127. The minimum atomic E-state index is -0.127. The molecule has 1 aromatic carbocycles. The number of aryl methyl sites for hydroxylation is 1. The quantitative estimate of drug-likeness (QED) is 0.851. The summed E-state index contributed by atoms with van der Waals surface area (Å²) in [7, 11) is 2.01. The Hall–Kier alpha value is -0.930. The van der Waals surface area contributed by atoms with Gasteiger partial charge in [0.25, 0.3) is 0 Å². The SMILES string of the molecule is CCN(CC)C1(C(NC)c2cc(C)cc(F)c2)CCCC1. The zero-order chi connectivity index (χ0) is 15.5. The minimum Gasteiger partial charge on any atom is -0.311 e. The Bertz CT molecular complexity index is 442. The van der Waals surface area contributed by atoms with E-state index in [1.165, 1.54) is 25.7 Å². The third-order valence-corrected chi connectivity index (χ3v) is 5.09. The van der Waals surface area contributed by atoms with E-state index in [-0.39, 0.29) is 17.4 Å². The second-order valence-electron chi connectivity index (χ2n) is 6.27. The molecule has 0 saturated heterocycles. The first-order valence-corrected chi connectivity index (χ1v) is 8.26. The molecular weight excluding hydrogens is 263 g/mol. The van der Waals surface area contributed by atoms with Crippen LogP contribution in [0.2, 0.25) is 0 Å². The molecule has 1 aliphatic rings. The number of rotatable bonds is 6. The number of nitrogens with zero attached hydrogens (tertiary/aromatic N) is 1. The van der Waals surface area contributed by atoms with Crippen LogP contribution in [0.5, 0.6) is 0 Å². The van der Waals surface area contributed by atoms with Gasteiger partial charge in [0.15, 0.2) is 0 Å². The first kappa shape index (κ1) is 16.4. The van der Waals surface area contributed by atoms with Crippen LogP contribution >= 0.6 is 0 Å². The molecule has 3 heteroatoms. The van der Waals surface area contributed by atoms with Crippen LogP contribution in [0.4, 0.5) is 4.39 Å². The summed E-state index contributed by atoms with van der Waals surface area (Å²) in [6.45, 7) is 8.52. The van der Waals surface area contributed by atoms with Gasteiger partial charge in [-0.15, -0.1) is 0 Å². The highest BCUT2D eigenvalue weighted by Crippen LogP contribution is 2.44. The van der Waals surface area contributed by atoms with Gasteiger partial charge in [-0.3, -0.25) is 4.90 Å². The maximum absolute atomic E-state index is 13.9. The minimum absolute atomic E-state index is 0.123. The molecule has 0 aliphatic heterocycles. The van der Waals surface area contributed by atoms with Crippen LogP contribution in [0.15, 0.2) is 18.2 Å². The van der Waals surface area contributed by atoms with Gasteiger partial charge in [-0.05, 0) is 63.2 Å². The Morgan fingerprint density at radius 1 is 1.19 bits per heavy atom. The molecule has 0 spiro atoms. The van der Waals surface area contributed by atoms with E-state index < -0.39 is 0 Å². The molecule has 0 heterocycles. The molecule has 0 bridgehead atoms. The molecule has 118 valence electrons. The fourth-order valence-electron chi connectivity index (χ4n) is 4.30. The maximum Gasteiger partial charge on any atom is 0.123 e. The Morgan fingerprint density at radius 2 is 1.81 bits per heavy atom. The lowest BCUT2D eigenvalue weighted by Crippen LogP contribution is -2.54. The number of halogens is 1. The van der Waals surface area contributed by atoms with Gasteiger partial charge in [-0.2, -0.15) is 0 Å². The predicted octanol–water partition coefficient (Wildman–Crippen LogP) is 4.05. The van der Waals surface area contributed by atoms with E-state index in [1.807, 2.05) is 14.0 Å². The largest absolute Gasteiger partial charge is 0.311 e. The second-order valence-corrected chi connectivity index (χ2v) is 6.27. The van der Waals surface area contributed by atoms with E-state index in [0.717, 1.165) is 24.2 Å². The number of nitrogens with one attached hydrogen (secondary N) is 1. The highest BCUT2D eigenvalue weighted by atomic mass is 19.1. The first-order valence-electron chi connectivity index (χ1n) is 8.26. The molecular formula is C18H29FN2. The molecule has 1 atom stereocenters. The van der Waals surface area contributed by atoms with Crippen molar-refractivity contribution >= 4 is 0 Å². The maximum atomic E-state index is 13.9.